The number of halogens is 1. The zero-order chi connectivity index (χ0) is 21.1. The Balaban J connectivity index is 1.66. The van der Waals surface area contributed by atoms with Crippen LogP contribution in [0.25, 0.3) is 5.57 Å². The summed E-state index contributed by atoms with van der Waals surface area (Å²) in [4.78, 5) is 18.5. The fourth-order valence-corrected chi connectivity index (χ4v) is 5.16. The number of benzene rings is 1. The van der Waals surface area contributed by atoms with Crippen molar-refractivity contribution in [2.75, 3.05) is 7.05 Å². The van der Waals surface area contributed by atoms with Gasteiger partial charge in [0.25, 0.3) is 5.91 Å². The molecule has 3 fully saturated rings. The van der Waals surface area contributed by atoms with E-state index in [2.05, 4.69) is 22.4 Å². The molecular weight excluding hydrogens is 397 g/mol. The number of alkyl halides is 1. The molecule has 1 aromatic carbocycles. The molecule has 3 saturated carbocycles. The number of aliphatic imine (C=N–C) groups is 1. The average Bonchev–Trinajstić information content (AvgIpc) is 3.65. The fraction of sp³-hybridized carbons (Fsp3) is 0.500. The molecule has 1 amide bonds. The van der Waals surface area contributed by atoms with E-state index in [9.17, 15) is 9.18 Å². The molecule has 1 unspecified atom stereocenters. The Kier molecular flexibility index (Phi) is 6.61. The third kappa shape index (κ3) is 5.54. The summed E-state index contributed by atoms with van der Waals surface area (Å²) < 4.78 is 13.8. The van der Waals surface area contributed by atoms with Gasteiger partial charge in [0.05, 0.1) is 0 Å². The summed E-state index contributed by atoms with van der Waals surface area (Å²) in [6.45, 7) is 0. The highest BCUT2D eigenvalue weighted by molar-refractivity contribution is 8.00. The maximum Gasteiger partial charge on any atom is 0.279 e. The van der Waals surface area contributed by atoms with Gasteiger partial charge in [0, 0.05) is 22.8 Å². The van der Waals surface area contributed by atoms with Crippen LogP contribution in [0.3, 0.4) is 0 Å². The number of hydrogen-bond donors (Lipinski definition) is 2. The van der Waals surface area contributed by atoms with Gasteiger partial charge in [0.15, 0.2) is 0 Å². The van der Waals surface area contributed by atoms with Crippen LogP contribution < -0.4 is 11.1 Å². The predicted octanol–water partition coefficient (Wildman–Crippen LogP) is 4.96. The molecule has 4 rings (SSSR count). The highest BCUT2D eigenvalue weighted by Crippen LogP contribution is 2.48. The van der Waals surface area contributed by atoms with Gasteiger partial charge in [-0.3, -0.25) is 4.79 Å². The fourth-order valence-electron chi connectivity index (χ4n) is 3.92. The van der Waals surface area contributed by atoms with Crippen molar-refractivity contribution < 1.29 is 9.18 Å². The minimum Gasteiger partial charge on any atom is -0.394 e. The topological polar surface area (TPSA) is 67.5 Å². The van der Waals surface area contributed by atoms with Crippen LogP contribution in [0.4, 0.5) is 4.39 Å². The second-order valence-electron chi connectivity index (χ2n) is 8.56. The Morgan fingerprint density at radius 3 is 2.67 bits per heavy atom. The van der Waals surface area contributed by atoms with E-state index >= 15 is 0 Å². The van der Waals surface area contributed by atoms with E-state index in [1.807, 2.05) is 23.9 Å². The molecule has 6 heteroatoms. The van der Waals surface area contributed by atoms with E-state index < -0.39 is 6.17 Å². The first-order chi connectivity index (χ1) is 14.5. The molecule has 1 aromatic rings. The van der Waals surface area contributed by atoms with Gasteiger partial charge in [0.2, 0.25) is 0 Å². The van der Waals surface area contributed by atoms with E-state index in [4.69, 9.17) is 5.73 Å². The molecule has 3 aliphatic rings. The molecule has 160 valence electrons. The number of thioether (sulfide) groups is 1. The Morgan fingerprint density at radius 2 is 2.03 bits per heavy atom. The molecule has 0 heterocycles. The highest BCUT2D eigenvalue weighted by Gasteiger charge is 2.31. The lowest BCUT2D eigenvalue weighted by molar-refractivity contribution is -0.112. The van der Waals surface area contributed by atoms with Gasteiger partial charge in [-0.05, 0) is 92.3 Å². The third-order valence-corrected chi connectivity index (χ3v) is 7.28. The van der Waals surface area contributed by atoms with E-state index in [1.54, 1.807) is 19.3 Å². The first-order valence-electron chi connectivity index (χ1n) is 10.9. The standard InChI is InChI=1S/C24H30FN3OS/c1-27-11-10-23(26)28-24(29)21(13-15-2-6-18(25)12-15)17-5-9-22(30-19-7-8-19)20(14-17)16-3-4-16/h5,9-11,13-16,18-19,27H,2-4,6-8,12H2,1H3,(H2,26,28,29)/b11-10-,21-13+/t15-,18?/m0/s1. The van der Waals surface area contributed by atoms with Gasteiger partial charge in [-0.1, -0.05) is 12.1 Å². The Labute approximate surface area is 182 Å². The molecule has 0 radical (unpaired) electrons. The summed E-state index contributed by atoms with van der Waals surface area (Å²) >= 11 is 1.97. The Morgan fingerprint density at radius 1 is 1.23 bits per heavy atom. The number of nitrogens with zero attached hydrogens (tertiary/aromatic N) is 1. The zero-order valence-corrected chi connectivity index (χ0v) is 18.3. The van der Waals surface area contributed by atoms with Gasteiger partial charge in [-0.15, -0.1) is 11.8 Å². The van der Waals surface area contributed by atoms with Crippen LogP contribution in [0.15, 0.2) is 46.4 Å². The summed E-state index contributed by atoms with van der Waals surface area (Å²) in [5, 5.41) is 3.58. The van der Waals surface area contributed by atoms with Crippen molar-refractivity contribution in [3.8, 4) is 0 Å². The van der Waals surface area contributed by atoms with Crippen molar-refractivity contribution in [2.45, 2.75) is 67.2 Å². The van der Waals surface area contributed by atoms with E-state index in [0.29, 0.717) is 24.3 Å². The second kappa shape index (κ2) is 9.38. The van der Waals surface area contributed by atoms with Crippen molar-refractivity contribution >= 4 is 29.1 Å². The largest absolute Gasteiger partial charge is 0.394 e. The zero-order valence-electron chi connectivity index (χ0n) is 17.4. The number of carbonyl (C=O) groups excluding carboxylic acids is 1. The summed E-state index contributed by atoms with van der Waals surface area (Å²) in [5.74, 6) is 0.447. The van der Waals surface area contributed by atoms with Gasteiger partial charge in [-0.25, -0.2) is 4.39 Å². The Hall–Kier alpha value is -2.08. The Bertz CT molecular complexity index is 886. The van der Waals surface area contributed by atoms with Crippen LogP contribution in [0, 0.1) is 5.92 Å². The van der Waals surface area contributed by atoms with Crippen LogP contribution in [0.2, 0.25) is 0 Å². The predicted molar refractivity (Wildman–Crippen MR) is 122 cm³/mol. The number of hydrogen-bond acceptors (Lipinski definition) is 3. The van der Waals surface area contributed by atoms with Crippen LogP contribution in [0.1, 0.15) is 62.0 Å². The molecule has 30 heavy (non-hydrogen) atoms. The van der Waals surface area contributed by atoms with Crippen LogP contribution in [-0.2, 0) is 4.79 Å². The molecular formula is C24H30FN3OS. The first kappa shape index (κ1) is 21.2. The van der Waals surface area contributed by atoms with Crippen LogP contribution >= 0.6 is 11.8 Å². The molecule has 3 aliphatic carbocycles. The minimum absolute atomic E-state index is 0.0631. The summed E-state index contributed by atoms with van der Waals surface area (Å²) in [6.07, 6.45) is 11.1. The number of nitrogens with two attached hydrogens (primary N) is 1. The lowest BCUT2D eigenvalue weighted by atomic mass is 9.96. The van der Waals surface area contributed by atoms with Crippen molar-refractivity contribution in [1.29, 1.82) is 0 Å². The SMILES string of the molecule is CN/C=C\C(N)=NC(=O)/C(=C/[C@H]1CCC(F)C1)c1ccc(SC2CC2)c(C2CC2)c1. The quantitative estimate of drug-likeness (QED) is 0.350. The van der Waals surface area contributed by atoms with Gasteiger partial charge in [0.1, 0.15) is 12.0 Å². The maximum atomic E-state index is 13.8. The summed E-state index contributed by atoms with van der Waals surface area (Å²) in [7, 11) is 1.75. The number of rotatable bonds is 8. The van der Waals surface area contributed by atoms with Gasteiger partial charge >= 0.3 is 0 Å². The molecule has 0 aromatic heterocycles. The van der Waals surface area contributed by atoms with E-state index in [1.165, 1.54) is 36.1 Å². The van der Waals surface area contributed by atoms with Crippen molar-refractivity contribution in [2.24, 2.45) is 16.6 Å². The molecule has 0 bridgehead atoms. The molecule has 0 spiro atoms. The summed E-state index contributed by atoms with van der Waals surface area (Å²) in [5.41, 5.74) is 8.66. The summed E-state index contributed by atoms with van der Waals surface area (Å²) in [6, 6.07) is 6.36. The normalized spacial score (nSPS) is 25.1. The minimum atomic E-state index is -0.783. The number of amides is 1. The lowest BCUT2D eigenvalue weighted by Gasteiger charge is -2.13. The van der Waals surface area contributed by atoms with E-state index in [0.717, 1.165) is 17.2 Å². The van der Waals surface area contributed by atoms with E-state index in [-0.39, 0.29) is 17.7 Å². The van der Waals surface area contributed by atoms with Gasteiger partial charge in [-0.2, -0.15) is 4.99 Å². The average molecular weight is 428 g/mol. The third-order valence-electron chi connectivity index (χ3n) is 5.85. The second-order valence-corrected chi connectivity index (χ2v) is 9.90. The van der Waals surface area contributed by atoms with Crippen molar-refractivity contribution in [3.63, 3.8) is 0 Å². The first-order valence-corrected chi connectivity index (χ1v) is 11.8. The number of allylic oxidation sites excluding steroid dienone is 1. The number of carbonyl (C=O) groups is 1. The van der Waals surface area contributed by atoms with Crippen molar-refractivity contribution in [1.82, 2.24) is 5.32 Å². The highest BCUT2D eigenvalue weighted by atomic mass is 32.2. The molecule has 0 saturated heterocycles. The smallest absolute Gasteiger partial charge is 0.279 e. The monoisotopic (exact) mass is 427 g/mol. The molecule has 2 atom stereocenters. The number of nitrogens with one attached hydrogen (secondary N) is 1. The van der Waals surface area contributed by atoms with Crippen molar-refractivity contribution in [3.05, 3.63) is 47.7 Å². The molecule has 4 nitrogen and oxygen atoms in total. The number of amidine groups is 1. The van der Waals surface area contributed by atoms with Crippen LogP contribution in [-0.4, -0.2) is 30.2 Å². The van der Waals surface area contributed by atoms with Gasteiger partial charge < -0.3 is 11.1 Å². The lowest BCUT2D eigenvalue weighted by Crippen LogP contribution is -2.13. The maximum absolute atomic E-state index is 13.8. The molecule has 0 aliphatic heterocycles. The van der Waals surface area contributed by atoms with Crippen LogP contribution in [0.5, 0.6) is 0 Å². The molecule has 3 N–H and O–H groups in total.